The van der Waals surface area contributed by atoms with Gasteiger partial charge in [-0.15, -0.1) is 0 Å². The van der Waals surface area contributed by atoms with E-state index < -0.39 is 6.04 Å². The average Bonchev–Trinajstić information content (AvgIpc) is 2.51. The molecule has 0 aromatic heterocycles. The minimum atomic E-state index is -0.575. The number of carbonyl (C=O) groups is 2. The van der Waals surface area contributed by atoms with Gasteiger partial charge in [-0.3, -0.25) is 9.59 Å². The Morgan fingerprint density at radius 3 is 2.70 bits per heavy atom. The molecule has 1 unspecified atom stereocenters. The second-order valence-corrected chi connectivity index (χ2v) is 6.69. The molecule has 2 amide bonds. The molecule has 1 aliphatic heterocycles. The van der Waals surface area contributed by atoms with Crippen LogP contribution in [0.3, 0.4) is 0 Å². The lowest BCUT2D eigenvalue weighted by Gasteiger charge is -2.26. The van der Waals surface area contributed by atoms with E-state index in [2.05, 4.69) is 38.5 Å². The Labute approximate surface area is 148 Å². The standard InChI is InChI=1S/C17H16IN3O2/c1-10-8-11(18)6-7-12(10)20-16(22)9-15-17(23)21-14-5-3-2-4-13(14)19-15/h2-8,15,19H,9H2,1H3,(H,20,22)(H,21,23). The second kappa shape index (κ2) is 6.57. The largest absolute Gasteiger partial charge is 0.372 e. The van der Waals surface area contributed by atoms with Crippen molar-refractivity contribution in [2.45, 2.75) is 19.4 Å². The van der Waals surface area contributed by atoms with Gasteiger partial charge in [-0.2, -0.15) is 0 Å². The highest BCUT2D eigenvalue weighted by Crippen LogP contribution is 2.27. The minimum Gasteiger partial charge on any atom is -0.372 e. The molecule has 6 heteroatoms. The van der Waals surface area contributed by atoms with Gasteiger partial charge in [0.1, 0.15) is 6.04 Å². The topological polar surface area (TPSA) is 70.2 Å². The SMILES string of the molecule is Cc1cc(I)ccc1NC(=O)CC1Nc2ccccc2NC1=O. The number of nitrogens with one attached hydrogen (secondary N) is 3. The fourth-order valence-electron chi connectivity index (χ4n) is 2.49. The summed E-state index contributed by atoms with van der Waals surface area (Å²) < 4.78 is 1.11. The Morgan fingerprint density at radius 1 is 1.22 bits per heavy atom. The number of hydrogen-bond acceptors (Lipinski definition) is 3. The van der Waals surface area contributed by atoms with Crippen molar-refractivity contribution in [2.24, 2.45) is 0 Å². The Balaban J connectivity index is 1.67. The molecule has 0 bridgehead atoms. The van der Waals surface area contributed by atoms with Crippen LogP contribution in [0.4, 0.5) is 17.1 Å². The lowest BCUT2D eigenvalue weighted by Crippen LogP contribution is -2.41. The first kappa shape index (κ1) is 15.8. The number of amides is 2. The number of carbonyl (C=O) groups excluding carboxylic acids is 2. The molecule has 0 aliphatic carbocycles. The van der Waals surface area contributed by atoms with E-state index in [9.17, 15) is 9.59 Å². The van der Waals surface area contributed by atoms with Crippen LogP contribution in [0.1, 0.15) is 12.0 Å². The van der Waals surface area contributed by atoms with Crippen LogP contribution in [-0.4, -0.2) is 17.9 Å². The highest BCUT2D eigenvalue weighted by atomic mass is 127. The smallest absolute Gasteiger partial charge is 0.247 e. The molecular formula is C17H16IN3O2. The first-order valence-corrected chi connectivity index (χ1v) is 8.33. The third kappa shape index (κ3) is 3.64. The van der Waals surface area contributed by atoms with E-state index in [0.29, 0.717) is 0 Å². The van der Waals surface area contributed by atoms with E-state index in [1.807, 2.05) is 49.4 Å². The zero-order valence-electron chi connectivity index (χ0n) is 12.5. The number of fused-ring (bicyclic) bond motifs is 1. The summed E-state index contributed by atoms with van der Waals surface area (Å²) in [5.74, 6) is -0.389. The van der Waals surface area contributed by atoms with Crippen molar-refractivity contribution in [3.8, 4) is 0 Å². The summed E-state index contributed by atoms with van der Waals surface area (Å²) in [6.45, 7) is 1.94. The van der Waals surface area contributed by atoms with E-state index in [-0.39, 0.29) is 18.2 Å². The van der Waals surface area contributed by atoms with Crippen molar-refractivity contribution in [3.63, 3.8) is 0 Å². The van der Waals surface area contributed by atoms with Crippen LogP contribution in [0, 0.1) is 10.5 Å². The third-order valence-electron chi connectivity index (χ3n) is 3.68. The van der Waals surface area contributed by atoms with Crippen LogP contribution < -0.4 is 16.0 Å². The summed E-state index contributed by atoms with van der Waals surface area (Å²) in [7, 11) is 0. The fraction of sp³-hybridized carbons (Fsp3) is 0.176. The summed E-state index contributed by atoms with van der Waals surface area (Å²) in [5.41, 5.74) is 3.33. The van der Waals surface area contributed by atoms with E-state index in [4.69, 9.17) is 0 Å². The number of aryl methyl sites for hydroxylation is 1. The van der Waals surface area contributed by atoms with Gasteiger partial charge in [0.15, 0.2) is 0 Å². The van der Waals surface area contributed by atoms with E-state index >= 15 is 0 Å². The molecule has 0 fully saturated rings. The van der Waals surface area contributed by atoms with Gasteiger partial charge in [-0.25, -0.2) is 0 Å². The molecule has 2 aromatic rings. The molecule has 0 radical (unpaired) electrons. The van der Waals surface area contributed by atoms with E-state index in [0.717, 1.165) is 26.2 Å². The van der Waals surface area contributed by atoms with Crippen molar-refractivity contribution in [1.82, 2.24) is 0 Å². The zero-order chi connectivity index (χ0) is 16.4. The molecule has 0 saturated carbocycles. The van der Waals surface area contributed by atoms with Crippen LogP contribution in [0.5, 0.6) is 0 Å². The van der Waals surface area contributed by atoms with Crippen molar-refractivity contribution in [2.75, 3.05) is 16.0 Å². The van der Waals surface area contributed by atoms with Gasteiger partial charge in [-0.1, -0.05) is 12.1 Å². The first-order valence-electron chi connectivity index (χ1n) is 7.25. The van der Waals surface area contributed by atoms with Crippen LogP contribution in [-0.2, 0) is 9.59 Å². The Bertz CT molecular complexity index is 776. The number of hydrogen-bond donors (Lipinski definition) is 3. The Hall–Kier alpha value is -2.09. The van der Waals surface area contributed by atoms with Gasteiger partial charge in [0.2, 0.25) is 11.8 Å². The molecule has 5 nitrogen and oxygen atoms in total. The molecule has 3 rings (SSSR count). The number of rotatable bonds is 3. The van der Waals surface area contributed by atoms with Gasteiger partial charge in [0.25, 0.3) is 0 Å². The fourth-order valence-corrected chi connectivity index (χ4v) is 3.14. The highest BCUT2D eigenvalue weighted by molar-refractivity contribution is 14.1. The van der Waals surface area contributed by atoms with Crippen molar-refractivity contribution in [1.29, 1.82) is 0 Å². The van der Waals surface area contributed by atoms with Gasteiger partial charge >= 0.3 is 0 Å². The van der Waals surface area contributed by atoms with Crippen LogP contribution >= 0.6 is 22.6 Å². The number of para-hydroxylation sites is 2. The molecule has 1 atom stereocenters. The normalized spacial score (nSPS) is 16.1. The maximum absolute atomic E-state index is 12.2. The molecular weight excluding hydrogens is 405 g/mol. The summed E-state index contributed by atoms with van der Waals surface area (Å²) >= 11 is 2.23. The summed E-state index contributed by atoms with van der Waals surface area (Å²) in [6.07, 6.45) is 0.0750. The zero-order valence-corrected chi connectivity index (χ0v) is 14.7. The second-order valence-electron chi connectivity index (χ2n) is 5.44. The predicted octanol–water partition coefficient (Wildman–Crippen LogP) is 3.36. The quantitative estimate of drug-likeness (QED) is 0.666. The average molecular weight is 421 g/mol. The van der Waals surface area contributed by atoms with Crippen molar-refractivity contribution in [3.05, 3.63) is 51.6 Å². The Kier molecular flexibility index (Phi) is 4.51. The maximum atomic E-state index is 12.2. The highest BCUT2D eigenvalue weighted by Gasteiger charge is 2.27. The predicted molar refractivity (Wildman–Crippen MR) is 99.6 cm³/mol. The van der Waals surface area contributed by atoms with Gasteiger partial charge in [-0.05, 0) is 65.4 Å². The van der Waals surface area contributed by atoms with Crippen LogP contribution in [0.2, 0.25) is 0 Å². The minimum absolute atomic E-state index is 0.0750. The van der Waals surface area contributed by atoms with E-state index in [1.165, 1.54) is 0 Å². The summed E-state index contributed by atoms with van der Waals surface area (Å²) in [5, 5.41) is 8.80. The van der Waals surface area contributed by atoms with Crippen LogP contribution in [0.15, 0.2) is 42.5 Å². The van der Waals surface area contributed by atoms with Crippen molar-refractivity contribution < 1.29 is 9.59 Å². The molecule has 0 saturated heterocycles. The number of halogens is 1. The molecule has 3 N–H and O–H groups in total. The van der Waals surface area contributed by atoms with Crippen molar-refractivity contribution >= 4 is 51.5 Å². The molecule has 0 spiro atoms. The van der Waals surface area contributed by atoms with E-state index in [1.54, 1.807) is 0 Å². The van der Waals surface area contributed by atoms with Gasteiger partial charge < -0.3 is 16.0 Å². The summed E-state index contributed by atoms with van der Waals surface area (Å²) in [4.78, 5) is 24.3. The maximum Gasteiger partial charge on any atom is 0.247 e. The molecule has 1 heterocycles. The first-order chi connectivity index (χ1) is 11.0. The summed E-state index contributed by atoms with van der Waals surface area (Å²) in [6, 6.07) is 12.7. The third-order valence-corrected chi connectivity index (χ3v) is 4.35. The molecule has 2 aromatic carbocycles. The number of benzene rings is 2. The Morgan fingerprint density at radius 2 is 1.96 bits per heavy atom. The van der Waals surface area contributed by atoms with Gasteiger partial charge in [0.05, 0.1) is 17.8 Å². The number of anilines is 3. The molecule has 1 aliphatic rings. The lowest BCUT2D eigenvalue weighted by atomic mass is 10.1. The van der Waals surface area contributed by atoms with Gasteiger partial charge in [0, 0.05) is 9.26 Å². The monoisotopic (exact) mass is 421 g/mol. The van der Waals surface area contributed by atoms with Crippen LogP contribution in [0.25, 0.3) is 0 Å². The molecule has 23 heavy (non-hydrogen) atoms. The molecule has 118 valence electrons. The lowest BCUT2D eigenvalue weighted by molar-refractivity contribution is -0.122.